The SMILES string of the molecule is O=C(O)c1ccc2oc([N+](=O)[O-])nc2c1. The number of aromatic carboxylic acids is 1. The molecule has 0 spiro atoms. The van der Waals surface area contributed by atoms with E-state index in [0.717, 1.165) is 0 Å². The first kappa shape index (κ1) is 9.13. The van der Waals surface area contributed by atoms with Gasteiger partial charge in [0.1, 0.15) is 0 Å². The molecular weight excluding hydrogens is 204 g/mol. The molecule has 0 saturated carbocycles. The van der Waals surface area contributed by atoms with Crippen molar-refractivity contribution in [3.05, 3.63) is 33.9 Å². The van der Waals surface area contributed by atoms with Crippen LogP contribution in [0.5, 0.6) is 0 Å². The Balaban J connectivity index is 2.62. The molecule has 0 saturated heterocycles. The fourth-order valence-electron chi connectivity index (χ4n) is 1.13. The van der Waals surface area contributed by atoms with E-state index < -0.39 is 16.9 Å². The van der Waals surface area contributed by atoms with E-state index in [1.807, 2.05) is 0 Å². The van der Waals surface area contributed by atoms with Crippen molar-refractivity contribution in [2.75, 3.05) is 0 Å². The highest BCUT2D eigenvalue weighted by Gasteiger charge is 2.18. The van der Waals surface area contributed by atoms with Crippen molar-refractivity contribution in [1.82, 2.24) is 4.98 Å². The van der Waals surface area contributed by atoms with Gasteiger partial charge in [-0.1, -0.05) is 0 Å². The summed E-state index contributed by atoms with van der Waals surface area (Å²) < 4.78 is 4.76. The number of hydrogen-bond acceptors (Lipinski definition) is 5. The van der Waals surface area contributed by atoms with Crippen LogP contribution in [0.3, 0.4) is 0 Å². The number of fused-ring (bicyclic) bond motifs is 1. The summed E-state index contributed by atoms with van der Waals surface area (Å²) in [6, 6.07) is 3.19. The first-order chi connectivity index (χ1) is 7.08. The number of benzene rings is 1. The van der Waals surface area contributed by atoms with E-state index in [2.05, 4.69) is 4.98 Å². The third-order valence-corrected chi connectivity index (χ3v) is 1.78. The molecule has 0 radical (unpaired) electrons. The number of aromatic nitrogens is 1. The van der Waals surface area contributed by atoms with E-state index in [-0.39, 0.29) is 16.7 Å². The van der Waals surface area contributed by atoms with Gasteiger partial charge in [-0.05, 0) is 12.1 Å². The minimum absolute atomic E-state index is 0.00528. The Hall–Kier alpha value is -2.44. The zero-order valence-corrected chi connectivity index (χ0v) is 7.21. The van der Waals surface area contributed by atoms with Gasteiger partial charge in [0.2, 0.25) is 5.52 Å². The molecule has 0 aliphatic carbocycles. The predicted molar refractivity (Wildman–Crippen MR) is 47.6 cm³/mol. The average Bonchev–Trinajstić information content (AvgIpc) is 2.59. The molecule has 1 aromatic heterocycles. The fourth-order valence-corrected chi connectivity index (χ4v) is 1.13. The summed E-state index contributed by atoms with van der Waals surface area (Å²) in [5.74, 6) is -1.12. The van der Waals surface area contributed by atoms with Crippen LogP contribution in [0.2, 0.25) is 0 Å². The Labute approximate surface area is 82.1 Å². The Kier molecular flexibility index (Phi) is 1.86. The summed E-state index contributed by atoms with van der Waals surface area (Å²) in [6.07, 6.45) is 0. The maximum absolute atomic E-state index is 10.6. The first-order valence-electron chi connectivity index (χ1n) is 3.86. The average molecular weight is 208 g/mol. The van der Waals surface area contributed by atoms with Gasteiger partial charge in [-0.25, -0.2) is 4.79 Å². The van der Waals surface area contributed by atoms with Gasteiger partial charge in [-0.15, -0.1) is 0 Å². The van der Waals surface area contributed by atoms with Gasteiger partial charge in [-0.3, -0.25) is 0 Å². The quantitative estimate of drug-likeness (QED) is 0.590. The highest BCUT2D eigenvalue weighted by atomic mass is 16.7. The number of nitrogens with zero attached hydrogens (tertiary/aromatic N) is 2. The third-order valence-electron chi connectivity index (χ3n) is 1.78. The monoisotopic (exact) mass is 208 g/mol. The second kappa shape index (κ2) is 3.05. The molecule has 2 rings (SSSR count). The number of hydrogen-bond donors (Lipinski definition) is 1. The van der Waals surface area contributed by atoms with E-state index in [0.29, 0.717) is 0 Å². The van der Waals surface area contributed by atoms with Crippen molar-refractivity contribution in [2.24, 2.45) is 0 Å². The topological polar surface area (TPSA) is 106 Å². The molecule has 1 aromatic carbocycles. The standard InChI is InChI=1S/C8H4N2O5/c11-7(12)4-1-2-6-5(3-4)9-8(15-6)10(13)14/h1-3H,(H,11,12). The molecule has 7 nitrogen and oxygen atoms in total. The lowest BCUT2D eigenvalue weighted by atomic mass is 10.2. The van der Waals surface area contributed by atoms with Gasteiger partial charge in [0.15, 0.2) is 5.58 Å². The minimum atomic E-state index is -1.12. The zero-order chi connectivity index (χ0) is 11.0. The highest BCUT2D eigenvalue weighted by Crippen LogP contribution is 2.21. The van der Waals surface area contributed by atoms with Crippen LogP contribution < -0.4 is 0 Å². The summed E-state index contributed by atoms with van der Waals surface area (Å²) >= 11 is 0. The normalized spacial score (nSPS) is 10.4. The largest absolute Gasteiger partial charge is 0.546 e. The van der Waals surface area contributed by atoms with Crippen molar-refractivity contribution in [1.29, 1.82) is 0 Å². The molecular formula is C8H4N2O5. The van der Waals surface area contributed by atoms with Gasteiger partial charge < -0.3 is 19.6 Å². The van der Waals surface area contributed by atoms with E-state index in [9.17, 15) is 14.9 Å². The minimum Gasteiger partial charge on any atom is -0.478 e. The van der Waals surface area contributed by atoms with Crippen molar-refractivity contribution in [3.63, 3.8) is 0 Å². The summed E-state index contributed by atoms with van der Waals surface area (Å²) in [7, 11) is 0. The first-order valence-corrected chi connectivity index (χ1v) is 3.86. The summed E-state index contributed by atoms with van der Waals surface area (Å²) in [4.78, 5) is 23.7. The second-order valence-corrected chi connectivity index (χ2v) is 2.74. The number of rotatable bonds is 2. The van der Waals surface area contributed by atoms with Gasteiger partial charge in [0, 0.05) is 16.0 Å². The van der Waals surface area contributed by atoms with Crippen molar-refractivity contribution >= 4 is 23.1 Å². The molecule has 15 heavy (non-hydrogen) atoms. The van der Waals surface area contributed by atoms with Crippen molar-refractivity contribution < 1.29 is 19.2 Å². The lowest BCUT2D eigenvalue weighted by molar-refractivity contribution is -0.406. The van der Waals surface area contributed by atoms with E-state index in [4.69, 9.17) is 9.52 Å². The van der Waals surface area contributed by atoms with Gasteiger partial charge in [-0.2, -0.15) is 0 Å². The van der Waals surface area contributed by atoms with Gasteiger partial charge in [0.25, 0.3) is 0 Å². The molecule has 7 heteroatoms. The molecule has 0 amide bonds. The summed E-state index contributed by atoms with van der Waals surface area (Å²) in [5.41, 5.74) is 0.346. The van der Waals surface area contributed by atoms with Crippen LogP contribution in [0.1, 0.15) is 10.4 Å². The van der Waals surface area contributed by atoms with E-state index >= 15 is 0 Å². The molecule has 2 aromatic rings. The predicted octanol–water partition coefficient (Wildman–Crippen LogP) is 1.43. The Morgan fingerprint density at radius 3 is 2.87 bits per heavy atom. The molecule has 1 heterocycles. The van der Waals surface area contributed by atoms with Crippen LogP contribution in [0.15, 0.2) is 22.6 Å². The Morgan fingerprint density at radius 2 is 2.27 bits per heavy atom. The molecule has 0 aliphatic heterocycles. The number of carbonyl (C=O) groups is 1. The zero-order valence-electron chi connectivity index (χ0n) is 7.21. The number of oxazole rings is 1. The summed E-state index contributed by atoms with van der Waals surface area (Å²) in [6.45, 7) is 0. The van der Waals surface area contributed by atoms with E-state index in [1.165, 1.54) is 18.2 Å². The van der Waals surface area contributed by atoms with Crippen molar-refractivity contribution in [3.8, 4) is 0 Å². The summed E-state index contributed by atoms with van der Waals surface area (Å²) in [5, 5.41) is 19.0. The Morgan fingerprint density at radius 1 is 1.53 bits per heavy atom. The van der Waals surface area contributed by atoms with Crippen LogP contribution >= 0.6 is 0 Å². The lowest BCUT2D eigenvalue weighted by Crippen LogP contribution is -1.94. The van der Waals surface area contributed by atoms with Crippen LogP contribution in [-0.2, 0) is 0 Å². The maximum atomic E-state index is 10.6. The van der Waals surface area contributed by atoms with Gasteiger partial charge >= 0.3 is 12.0 Å². The number of carboxylic acids is 1. The smallest absolute Gasteiger partial charge is 0.478 e. The van der Waals surface area contributed by atoms with Crippen LogP contribution in [-0.4, -0.2) is 21.0 Å². The van der Waals surface area contributed by atoms with Crippen LogP contribution in [0.25, 0.3) is 11.1 Å². The molecule has 76 valence electrons. The molecule has 0 bridgehead atoms. The van der Waals surface area contributed by atoms with Crippen LogP contribution in [0.4, 0.5) is 6.01 Å². The van der Waals surface area contributed by atoms with Gasteiger partial charge in [0.05, 0.1) is 5.56 Å². The second-order valence-electron chi connectivity index (χ2n) is 2.74. The van der Waals surface area contributed by atoms with Crippen molar-refractivity contribution in [2.45, 2.75) is 0 Å². The maximum Gasteiger partial charge on any atom is 0.546 e. The third kappa shape index (κ3) is 1.50. The molecule has 0 fully saturated rings. The molecule has 1 N–H and O–H groups in total. The van der Waals surface area contributed by atoms with E-state index in [1.54, 1.807) is 0 Å². The number of nitro groups is 1. The lowest BCUT2D eigenvalue weighted by Gasteiger charge is -1.88. The Bertz CT molecular complexity index is 547. The molecule has 0 aliphatic rings. The molecule has 0 atom stereocenters. The highest BCUT2D eigenvalue weighted by molar-refractivity contribution is 5.91. The fraction of sp³-hybridized carbons (Fsp3) is 0. The number of carboxylic acid groups (broad SMARTS) is 1. The van der Waals surface area contributed by atoms with Crippen LogP contribution in [0, 0.1) is 10.1 Å². The molecule has 0 unspecified atom stereocenters.